The number of pyridine rings is 2. The van der Waals surface area contributed by atoms with Crippen LogP contribution in [0.15, 0.2) is 65.2 Å². The van der Waals surface area contributed by atoms with E-state index in [0.29, 0.717) is 13.2 Å². The van der Waals surface area contributed by atoms with E-state index >= 15 is 0 Å². The molecule has 0 aliphatic rings. The van der Waals surface area contributed by atoms with E-state index < -0.39 is 0 Å². The Balaban J connectivity index is 1.51. The van der Waals surface area contributed by atoms with Crippen LogP contribution in [0.25, 0.3) is 21.5 Å². The molecule has 3 heterocycles. The predicted octanol–water partition coefficient (Wildman–Crippen LogP) is 3.61. The van der Waals surface area contributed by atoms with Crippen molar-refractivity contribution in [3.63, 3.8) is 0 Å². The molecule has 0 bridgehead atoms. The molecule has 4 aromatic rings. The lowest BCUT2D eigenvalue weighted by Crippen LogP contribution is -2.21. The molecular formula is C20H17N3O3S. The lowest BCUT2D eigenvalue weighted by atomic mass is 10.2. The maximum Gasteiger partial charge on any atom is 0.250 e. The number of methoxy groups -OCH3 is 1. The van der Waals surface area contributed by atoms with Gasteiger partial charge in [0.25, 0.3) is 5.56 Å². The Hall–Kier alpha value is -3.19. The topological polar surface area (TPSA) is 66.2 Å². The van der Waals surface area contributed by atoms with Crippen LogP contribution in [-0.2, 0) is 6.54 Å². The van der Waals surface area contributed by atoms with Gasteiger partial charge in [-0.05, 0) is 24.3 Å². The van der Waals surface area contributed by atoms with Gasteiger partial charge in [-0.3, -0.25) is 9.78 Å². The zero-order valence-electron chi connectivity index (χ0n) is 14.7. The second kappa shape index (κ2) is 7.59. The number of thiazole rings is 1. The van der Waals surface area contributed by atoms with Crippen LogP contribution >= 0.6 is 11.3 Å². The van der Waals surface area contributed by atoms with E-state index in [-0.39, 0.29) is 5.56 Å². The largest absolute Gasteiger partial charge is 0.497 e. The molecule has 3 aromatic heterocycles. The summed E-state index contributed by atoms with van der Waals surface area (Å²) in [6.45, 7) is 0.810. The number of aromatic nitrogens is 3. The van der Waals surface area contributed by atoms with Crippen LogP contribution in [0.1, 0.15) is 0 Å². The first kappa shape index (κ1) is 17.2. The van der Waals surface area contributed by atoms with E-state index in [9.17, 15) is 4.79 Å². The molecule has 0 aliphatic carbocycles. The second-order valence-electron chi connectivity index (χ2n) is 5.83. The molecule has 0 amide bonds. The quantitative estimate of drug-likeness (QED) is 0.512. The number of rotatable bonds is 6. The molecule has 0 unspecified atom stereocenters. The number of nitrogens with zero attached hydrogens (tertiary/aromatic N) is 3. The zero-order chi connectivity index (χ0) is 18.6. The fourth-order valence-corrected chi connectivity index (χ4v) is 3.44. The monoisotopic (exact) mass is 379 g/mol. The number of hydrogen-bond donors (Lipinski definition) is 0. The van der Waals surface area contributed by atoms with Crippen molar-refractivity contribution < 1.29 is 9.47 Å². The maximum atomic E-state index is 12.1. The summed E-state index contributed by atoms with van der Waals surface area (Å²) in [4.78, 5) is 20.8. The summed E-state index contributed by atoms with van der Waals surface area (Å²) in [5.74, 6) is 1.48. The van der Waals surface area contributed by atoms with Gasteiger partial charge in [-0.25, -0.2) is 4.98 Å². The first-order valence-corrected chi connectivity index (χ1v) is 9.28. The fraction of sp³-hybridized carbons (Fsp3) is 0.150. The highest BCUT2D eigenvalue weighted by atomic mass is 32.1. The molecule has 0 saturated carbocycles. The SMILES string of the molecule is COc1ccc2c(OCCn3cc(-c4nccs4)ccc3=O)ccnc2c1. The third-order valence-corrected chi connectivity index (χ3v) is 4.98. The summed E-state index contributed by atoms with van der Waals surface area (Å²) < 4.78 is 12.8. The smallest absolute Gasteiger partial charge is 0.250 e. The first-order chi connectivity index (χ1) is 13.2. The fourth-order valence-electron chi connectivity index (χ4n) is 2.81. The third kappa shape index (κ3) is 3.68. The van der Waals surface area contributed by atoms with Crippen molar-refractivity contribution in [1.82, 2.24) is 14.5 Å². The van der Waals surface area contributed by atoms with Gasteiger partial charge in [-0.2, -0.15) is 0 Å². The molecule has 7 heteroatoms. The number of ether oxygens (including phenoxy) is 2. The third-order valence-electron chi connectivity index (χ3n) is 4.16. The van der Waals surface area contributed by atoms with Crippen LogP contribution < -0.4 is 15.0 Å². The van der Waals surface area contributed by atoms with Crippen molar-refractivity contribution in [3.05, 3.63) is 70.7 Å². The van der Waals surface area contributed by atoms with E-state index in [0.717, 1.165) is 33.0 Å². The average molecular weight is 379 g/mol. The van der Waals surface area contributed by atoms with Crippen LogP contribution in [0, 0.1) is 0 Å². The predicted molar refractivity (Wildman–Crippen MR) is 106 cm³/mol. The molecule has 27 heavy (non-hydrogen) atoms. The molecule has 4 rings (SSSR count). The Morgan fingerprint density at radius 1 is 1.11 bits per heavy atom. The van der Waals surface area contributed by atoms with Crippen LogP contribution in [0.2, 0.25) is 0 Å². The Bertz CT molecular complexity index is 1120. The molecule has 6 nitrogen and oxygen atoms in total. The molecule has 0 aliphatic heterocycles. The lowest BCUT2D eigenvalue weighted by Gasteiger charge is -2.11. The minimum atomic E-state index is -0.0665. The Morgan fingerprint density at radius 3 is 2.85 bits per heavy atom. The Kier molecular flexibility index (Phi) is 4.84. The van der Waals surface area contributed by atoms with Crippen molar-refractivity contribution in [2.75, 3.05) is 13.7 Å². The minimum Gasteiger partial charge on any atom is -0.497 e. The van der Waals surface area contributed by atoms with Crippen LogP contribution in [0.5, 0.6) is 11.5 Å². The highest BCUT2D eigenvalue weighted by molar-refractivity contribution is 7.13. The van der Waals surface area contributed by atoms with Gasteiger partial charge in [-0.15, -0.1) is 11.3 Å². The molecule has 0 radical (unpaired) electrons. The standard InChI is InChI=1S/C20H17N3O3S/c1-25-15-3-4-16-17(12-15)21-7-6-18(16)26-10-9-23-13-14(2-5-19(23)24)20-22-8-11-27-20/h2-8,11-13H,9-10H2,1H3. The molecular weight excluding hydrogens is 362 g/mol. The number of benzene rings is 1. The summed E-state index contributed by atoms with van der Waals surface area (Å²) in [5, 5.41) is 3.71. The van der Waals surface area contributed by atoms with Gasteiger partial charge in [0.15, 0.2) is 0 Å². The van der Waals surface area contributed by atoms with E-state index in [1.54, 1.807) is 47.5 Å². The first-order valence-electron chi connectivity index (χ1n) is 8.40. The molecule has 0 fully saturated rings. The van der Waals surface area contributed by atoms with Gasteiger partial charge >= 0.3 is 0 Å². The van der Waals surface area contributed by atoms with Crippen LogP contribution in [0.4, 0.5) is 0 Å². The molecule has 0 spiro atoms. The van der Waals surface area contributed by atoms with E-state index in [4.69, 9.17) is 9.47 Å². The molecule has 1 aromatic carbocycles. The normalized spacial score (nSPS) is 10.9. The second-order valence-corrected chi connectivity index (χ2v) is 6.72. The highest BCUT2D eigenvalue weighted by Crippen LogP contribution is 2.27. The maximum absolute atomic E-state index is 12.1. The molecule has 136 valence electrons. The summed E-state index contributed by atoms with van der Waals surface area (Å²) in [7, 11) is 1.62. The van der Waals surface area contributed by atoms with Gasteiger partial charge in [-0.1, -0.05) is 0 Å². The van der Waals surface area contributed by atoms with E-state index in [1.807, 2.05) is 35.8 Å². The van der Waals surface area contributed by atoms with Crippen LogP contribution in [-0.4, -0.2) is 28.3 Å². The summed E-state index contributed by atoms with van der Waals surface area (Å²) in [6, 6.07) is 10.8. The van der Waals surface area contributed by atoms with Crippen molar-refractivity contribution in [3.8, 4) is 22.1 Å². The number of fused-ring (bicyclic) bond motifs is 1. The summed E-state index contributed by atoms with van der Waals surface area (Å²) in [6.07, 6.45) is 5.27. The van der Waals surface area contributed by atoms with Crippen molar-refractivity contribution in [2.45, 2.75) is 6.54 Å². The van der Waals surface area contributed by atoms with Crippen molar-refractivity contribution in [1.29, 1.82) is 0 Å². The van der Waals surface area contributed by atoms with Crippen molar-refractivity contribution in [2.24, 2.45) is 0 Å². The highest BCUT2D eigenvalue weighted by Gasteiger charge is 2.07. The summed E-state index contributed by atoms with van der Waals surface area (Å²) in [5.41, 5.74) is 1.66. The van der Waals surface area contributed by atoms with Gasteiger partial charge in [0.2, 0.25) is 0 Å². The van der Waals surface area contributed by atoms with E-state index in [2.05, 4.69) is 9.97 Å². The Morgan fingerprint density at radius 2 is 2.04 bits per heavy atom. The van der Waals surface area contributed by atoms with E-state index in [1.165, 1.54) is 0 Å². The van der Waals surface area contributed by atoms with Gasteiger partial charge < -0.3 is 14.0 Å². The Labute approximate surface area is 159 Å². The molecule has 0 atom stereocenters. The van der Waals surface area contributed by atoms with Gasteiger partial charge in [0, 0.05) is 47.1 Å². The van der Waals surface area contributed by atoms with Crippen molar-refractivity contribution >= 4 is 22.2 Å². The minimum absolute atomic E-state index is 0.0665. The molecule has 0 N–H and O–H groups in total. The zero-order valence-corrected chi connectivity index (χ0v) is 15.5. The molecule has 0 saturated heterocycles. The van der Waals surface area contributed by atoms with Gasteiger partial charge in [0.1, 0.15) is 23.1 Å². The average Bonchev–Trinajstić information content (AvgIpc) is 3.24. The number of hydrogen-bond acceptors (Lipinski definition) is 6. The summed E-state index contributed by atoms with van der Waals surface area (Å²) >= 11 is 1.54. The van der Waals surface area contributed by atoms with Crippen LogP contribution in [0.3, 0.4) is 0 Å². The lowest BCUT2D eigenvalue weighted by molar-refractivity contribution is 0.299. The van der Waals surface area contributed by atoms with Gasteiger partial charge in [0.05, 0.1) is 19.2 Å².